The minimum Gasteiger partial charge on any atom is -0.487 e. The standard InChI is InChI=1S/C15H18BrClN2O/c1-5-19-13(14(16)11(4)18-19)8-20-12-6-9(2)15(17)10(3)7-12/h6-7H,5,8H2,1-4H3. The fourth-order valence-electron chi connectivity index (χ4n) is 2.15. The quantitative estimate of drug-likeness (QED) is 0.784. The number of rotatable bonds is 4. The number of halogens is 2. The number of aryl methyl sites for hydroxylation is 4. The van der Waals surface area contributed by atoms with Crippen molar-refractivity contribution in [3.05, 3.63) is 44.1 Å². The predicted octanol–water partition coefficient (Wildman–Crippen LogP) is 4.82. The molecule has 1 aromatic carbocycles. The number of ether oxygens (including phenoxy) is 1. The second kappa shape index (κ2) is 6.19. The van der Waals surface area contributed by atoms with Gasteiger partial charge < -0.3 is 4.74 Å². The van der Waals surface area contributed by atoms with Crippen LogP contribution in [0, 0.1) is 20.8 Å². The second-order valence-electron chi connectivity index (χ2n) is 4.82. The third kappa shape index (κ3) is 3.01. The first-order valence-corrected chi connectivity index (χ1v) is 7.72. The maximum atomic E-state index is 6.17. The molecule has 2 aromatic rings. The summed E-state index contributed by atoms with van der Waals surface area (Å²) in [5.41, 5.74) is 4.09. The van der Waals surface area contributed by atoms with Gasteiger partial charge in [0, 0.05) is 11.6 Å². The first kappa shape index (κ1) is 15.4. The Kier molecular flexibility index (Phi) is 4.76. The molecular formula is C15H18BrClN2O. The lowest BCUT2D eigenvalue weighted by molar-refractivity contribution is 0.291. The first-order valence-electron chi connectivity index (χ1n) is 6.55. The molecule has 0 spiro atoms. The van der Waals surface area contributed by atoms with Crippen molar-refractivity contribution in [3.8, 4) is 5.75 Å². The third-order valence-corrected chi connectivity index (χ3v) is 4.87. The van der Waals surface area contributed by atoms with E-state index in [1.165, 1.54) is 0 Å². The lowest BCUT2D eigenvalue weighted by atomic mass is 10.1. The van der Waals surface area contributed by atoms with Crippen LogP contribution in [0.15, 0.2) is 16.6 Å². The van der Waals surface area contributed by atoms with E-state index in [-0.39, 0.29) is 0 Å². The van der Waals surface area contributed by atoms with Crippen LogP contribution in [0.1, 0.15) is 29.4 Å². The van der Waals surface area contributed by atoms with Gasteiger partial charge in [-0.05, 0) is 66.9 Å². The fourth-order valence-corrected chi connectivity index (χ4v) is 2.66. The zero-order valence-corrected chi connectivity index (χ0v) is 14.5. The maximum absolute atomic E-state index is 6.17. The summed E-state index contributed by atoms with van der Waals surface area (Å²) >= 11 is 9.74. The third-order valence-electron chi connectivity index (χ3n) is 3.24. The van der Waals surface area contributed by atoms with Crippen molar-refractivity contribution in [3.63, 3.8) is 0 Å². The molecule has 0 fully saturated rings. The van der Waals surface area contributed by atoms with Gasteiger partial charge in [0.1, 0.15) is 12.4 Å². The van der Waals surface area contributed by atoms with Crippen molar-refractivity contribution in [1.29, 1.82) is 0 Å². The van der Waals surface area contributed by atoms with Crippen LogP contribution in [0.5, 0.6) is 5.75 Å². The highest BCUT2D eigenvalue weighted by Crippen LogP contribution is 2.27. The summed E-state index contributed by atoms with van der Waals surface area (Å²) in [6.45, 7) is 9.33. The highest BCUT2D eigenvalue weighted by molar-refractivity contribution is 9.10. The van der Waals surface area contributed by atoms with E-state index in [9.17, 15) is 0 Å². The number of aromatic nitrogens is 2. The van der Waals surface area contributed by atoms with E-state index >= 15 is 0 Å². The number of nitrogens with zero attached hydrogens (tertiary/aromatic N) is 2. The summed E-state index contributed by atoms with van der Waals surface area (Å²) in [6.07, 6.45) is 0. The van der Waals surface area contributed by atoms with Gasteiger partial charge in [-0.15, -0.1) is 0 Å². The predicted molar refractivity (Wildman–Crippen MR) is 85.6 cm³/mol. The summed E-state index contributed by atoms with van der Waals surface area (Å²) in [5, 5.41) is 5.26. The summed E-state index contributed by atoms with van der Waals surface area (Å²) in [4.78, 5) is 0. The summed E-state index contributed by atoms with van der Waals surface area (Å²) in [5.74, 6) is 0.831. The van der Waals surface area contributed by atoms with Crippen molar-refractivity contribution in [1.82, 2.24) is 9.78 Å². The average molecular weight is 358 g/mol. The Hall–Kier alpha value is -1.00. The molecule has 0 aliphatic carbocycles. The molecule has 1 aromatic heterocycles. The molecule has 0 amide bonds. The molecule has 0 aliphatic rings. The minimum absolute atomic E-state index is 0.482. The lowest BCUT2D eigenvalue weighted by Gasteiger charge is -2.11. The molecule has 0 saturated heterocycles. The highest BCUT2D eigenvalue weighted by atomic mass is 79.9. The van der Waals surface area contributed by atoms with Gasteiger partial charge in [0.15, 0.2) is 0 Å². The maximum Gasteiger partial charge on any atom is 0.131 e. The van der Waals surface area contributed by atoms with Crippen LogP contribution >= 0.6 is 27.5 Å². The Morgan fingerprint density at radius 2 is 1.85 bits per heavy atom. The average Bonchev–Trinajstić information content (AvgIpc) is 2.69. The smallest absolute Gasteiger partial charge is 0.131 e. The number of hydrogen-bond acceptors (Lipinski definition) is 2. The van der Waals surface area contributed by atoms with E-state index in [1.54, 1.807) is 0 Å². The van der Waals surface area contributed by atoms with Gasteiger partial charge in [-0.1, -0.05) is 11.6 Å². The van der Waals surface area contributed by atoms with Gasteiger partial charge in [-0.3, -0.25) is 4.68 Å². The van der Waals surface area contributed by atoms with Crippen LogP contribution in [0.25, 0.3) is 0 Å². The summed E-state index contributed by atoms with van der Waals surface area (Å²) in [7, 11) is 0. The van der Waals surface area contributed by atoms with Crippen LogP contribution in [-0.2, 0) is 13.2 Å². The van der Waals surface area contributed by atoms with Crippen LogP contribution in [0.4, 0.5) is 0 Å². The van der Waals surface area contributed by atoms with Gasteiger partial charge in [0.25, 0.3) is 0 Å². The zero-order chi connectivity index (χ0) is 14.9. The molecular weight excluding hydrogens is 340 g/mol. The van der Waals surface area contributed by atoms with E-state index in [0.717, 1.165) is 44.3 Å². The van der Waals surface area contributed by atoms with E-state index in [0.29, 0.717) is 6.61 Å². The van der Waals surface area contributed by atoms with Crippen molar-refractivity contribution < 1.29 is 4.74 Å². The number of benzene rings is 1. The van der Waals surface area contributed by atoms with Gasteiger partial charge in [-0.25, -0.2) is 0 Å². The van der Waals surface area contributed by atoms with Crippen molar-refractivity contribution in [2.45, 2.75) is 40.8 Å². The Morgan fingerprint density at radius 3 is 2.40 bits per heavy atom. The van der Waals surface area contributed by atoms with E-state index in [2.05, 4.69) is 28.0 Å². The van der Waals surface area contributed by atoms with Crippen LogP contribution < -0.4 is 4.74 Å². The van der Waals surface area contributed by atoms with Crippen LogP contribution in [0.2, 0.25) is 5.02 Å². The first-order chi connectivity index (χ1) is 9.43. The molecule has 0 unspecified atom stereocenters. The van der Waals surface area contributed by atoms with Gasteiger partial charge >= 0.3 is 0 Å². The SMILES string of the molecule is CCn1nc(C)c(Br)c1COc1cc(C)c(Cl)c(C)c1. The van der Waals surface area contributed by atoms with Crippen molar-refractivity contribution in [2.24, 2.45) is 0 Å². The molecule has 0 bridgehead atoms. The molecule has 5 heteroatoms. The molecule has 20 heavy (non-hydrogen) atoms. The summed E-state index contributed by atoms with van der Waals surface area (Å²) in [6, 6.07) is 3.92. The Balaban J connectivity index is 2.21. The Bertz CT molecular complexity index is 614. The fraction of sp³-hybridized carbons (Fsp3) is 0.400. The van der Waals surface area contributed by atoms with E-state index in [4.69, 9.17) is 16.3 Å². The van der Waals surface area contributed by atoms with Gasteiger partial charge in [0.2, 0.25) is 0 Å². The zero-order valence-electron chi connectivity index (χ0n) is 12.1. The monoisotopic (exact) mass is 356 g/mol. The molecule has 0 saturated carbocycles. The van der Waals surface area contributed by atoms with Crippen LogP contribution in [0.3, 0.4) is 0 Å². The van der Waals surface area contributed by atoms with Gasteiger partial charge in [-0.2, -0.15) is 5.10 Å². The Labute approximate surface area is 133 Å². The molecule has 108 valence electrons. The minimum atomic E-state index is 0.482. The van der Waals surface area contributed by atoms with Crippen molar-refractivity contribution in [2.75, 3.05) is 0 Å². The van der Waals surface area contributed by atoms with E-state index in [1.807, 2.05) is 37.6 Å². The molecule has 3 nitrogen and oxygen atoms in total. The topological polar surface area (TPSA) is 27.1 Å². The van der Waals surface area contributed by atoms with Crippen molar-refractivity contribution >= 4 is 27.5 Å². The molecule has 0 radical (unpaired) electrons. The normalized spacial score (nSPS) is 10.9. The van der Waals surface area contributed by atoms with Crippen LogP contribution in [-0.4, -0.2) is 9.78 Å². The molecule has 0 N–H and O–H groups in total. The molecule has 1 heterocycles. The Morgan fingerprint density at radius 1 is 1.25 bits per heavy atom. The molecule has 0 atom stereocenters. The lowest BCUT2D eigenvalue weighted by Crippen LogP contribution is -2.06. The number of hydrogen-bond donors (Lipinski definition) is 0. The van der Waals surface area contributed by atoms with Gasteiger partial charge in [0.05, 0.1) is 15.9 Å². The largest absolute Gasteiger partial charge is 0.487 e. The second-order valence-corrected chi connectivity index (χ2v) is 5.99. The molecule has 2 rings (SSSR count). The summed E-state index contributed by atoms with van der Waals surface area (Å²) < 4.78 is 8.86. The highest BCUT2D eigenvalue weighted by Gasteiger charge is 2.13. The van der Waals surface area contributed by atoms with E-state index < -0.39 is 0 Å². The molecule has 0 aliphatic heterocycles.